The third kappa shape index (κ3) is 7.50. The Morgan fingerprint density at radius 3 is 2.49 bits per heavy atom. The van der Waals surface area contributed by atoms with Gasteiger partial charge in [-0.1, -0.05) is 65.7 Å². The lowest BCUT2D eigenvalue weighted by molar-refractivity contribution is -0.119. The normalized spacial score (nSPS) is 19.0. The largest absolute Gasteiger partial charge is 0.481 e. The average Bonchev–Trinajstić information content (AvgIpc) is 3.57. The number of ether oxygens (including phenoxy) is 2. The zero-order valence-electron chi connectivity index (χ0n) is 28.0. The second-order valence-corrected chi connectivity index (χ2v) is 13.5. The number of aliphatic hydroxyl groups is 1. The van der Waals surface area contributed by atoms with Gasteiger partial charge >= 0.3 is 0 Å². The standard InChI is InChI=1S/C38H38Cl2N6O5/c1-50-37-23(17-41-20-25-9-11-34(48)44-25)8-10-30(45-37)29-7-3-6-28(36(29)40)27-5-2-4-26(35(27)39)22-12-14-46-33(16-22)43-19-24(38(46)49)18-42-31-13-15-51-21-32(31)47/h2-8,10,12,14,16,19,25,31-32,41-42,47H,9,11,13,15,17-18,20-21H2,1H3,(H,44,48)/t25?,31-,32+/m1/s1. The van der Waals surface area contributed by atoms with Crippen LogP contribution in [0.25, 0.3) is 39.2 Å². The molecule has 1 unspecified atom stereocenters. The van der Waals surface area contributed by atoms with Crippen molar-refractivity contribution in [2.45, 2.75) is 50.5 Å². The summed E-state index contributed by atoms with van der Waals surface area (Å²) in [6.07, 6.45) is 4.72. The van der Waals surface area contributed by atoms with Crippen molar-refractivity contribution in [1.29, 1.82) is 0 Å². The van der Waals surface area contributed by atoms with Crippen molar-refractivity contribution in [3.63, 3.8) is 0 Å². The fourth-order valence-electron chi connectivity index (χ4n) is 6.65. The van der Waals surface area contributed by atoms with Crippen molar-refractivity contribution in [1.82, 2.24) is 30.3 Å². The van der Waals surface area contributed by atoms with Crippen LogP contribution < -0.4 is 26.2 Å². The van der Waals surface area contributed by atoms with E-state index in [1.54, 1.807) is 19.5 Å². The van der Waals surface area contributed by atoms with Gasteiger partial charge in [-0.05, 0) is 36.6 Å². The third-order valence-corrected chi connectivity index (χ3v) is 10.3. The molecular weight excluding hydrogens is 691 g/mol. The van der Waals surface area contributed by atoms with Gasteiger partial charge in [0.25, 0.3) is 5.56 Å². The van der Waals surface area contributed by atoms with Crippen LogP contribution in [0.15, 0.2) is 77.9 Å². The van der Waals surface area contributed by atoms with Crippen LogP contribution in [0.5, 0.6) is 5.88 Å². The van der Waals surface area contributed by atoms with Crippen molar-refractivity contribution in [2.75, 3.05) is 26.9 Å². The number of nitrogens with one attached hydrogen (secondary N) is 3. The quantitative estimate of drug-likeness (QED) is 0.148. The van der Waals surface area contributed by atoms with Gasteiger partial charge in [0.05, 0.1) is 41.1 Å². The van der Waals surface area contributed by atoms with Crippen LogP contribution in [0.4, 0.5) is 0 Å². The lowest BCUT2D eigenvalue weighted by Crippen LogP contribution is -2.46. The molecule has 5 aromatic rings. The molecule has 0 saturated carbocycles. The van der Waals surface area contributed by atoms with E-state index in [1.807, 2.05) is 60.7 Å². The number of aromatic nitrogens is 3. The molecule has 264 valence electrons. The van der Waals surface area contributed by atoms with Gasteiger partial charge in [0.1, 0.15) is 5.65 Å². The van der Waals surface area contributed by atoms with E-state index in [1.165, 1.54) is 4.40 Å². The lowest BCUT2D eigenvalue weighted by atomic mass is 9.97. The fourth-order valence-corrected chi connectivity index (χ4v) is 7.31. The molecule has 5 heterocycles. The average molecular weight is 730 g/mol. The first-order valence-corrected chi connectivity index (χ1v) is 17.7. The molecule has 2 fully saturated rings. The van der Waals surface area contributed by atoms with E-state index in [-0.39, 0.29) is 36.7 Å². The second-order valence-electron chi connectivity index (χ2n) is 12.8. The monoisotopic (exact) mass is 728 g/mol. The van der Waals surface area contributed by atoms with E-state index in [9.17, 15) is 14.7 Å². The van der Waals surface area contributed by atoms with Crippen molar-refractivity contribution in [3.05, 3.63) is 105 Å². The second kappa shape index (κ2) is 15.5. The Labute approximate surface area is 305 Å². The summed E-state index contributed by atoms with van der Waals surface area (Å²) in [7, 11) is 1.59. The summed E-state index contributed by atoms with van der Waals surface area (Å²) in [6.45, 7) is 2.34. The van der Waals surface area contributed by atoms with E-state index < -0.39 is 6.10 Å². The predicted molar refractivity (Wildman–Crippen MR) is 197 cm³/mol. The number of benzene rings is 2. The van der Waals surface area contributed by atoms with Gasteiger partial charge in [-0.2, -0.15) is 0 Å². The number of carbonyl (C=O) groups excluding carboxylic acids is 1. The molecule has 1 amide bonds. The van der Waals surface area contributed by atoms with Gasteiger partial charge in [-0.3, -0.25) is 14.0 Å². The molecule has 11 nitrogen and oxygen atoms in total. The number of fused-ring (bicyclic) bond motifs is 1. The highest BCUT2D eigenvalue weighted by atomic mass is 35.5. The summed E-state index contributed by atoms with van der Waals surface area (Å²) >= 11 is 14.2. The molecule has 0 radical (unpaired) electrons. The highest BCUT2D eigenvalue weighted by molar-refractivity contribution is 6.39. The number of halogens is 2. The first-order valence-electron chi connectivity index (χ1n) is 16.9. The van der Waals surface area contributed by atoms with E-state index in [0.29, 0.717) is 65.4 Å². The molecule has 51 heavy (non-hydrogen) atoms. The Hall–Kier alpha value is -4.36. The molecule has 2 aromatic carbocycles. The first-order chi connectivity index (χ1) is 24.8. The van der Waals surface area contributed by atoms with Crippen LogP contribution in [0, 0.1) is 0 Å². The minimum Gasteiger partial charge on any atom is -0.481 e. The number of amides is 1. The molecule has 3 atom stereocenters. The maximum Gasteiger partial charge on any atom is 0.262 e. The number of methoxy groups -OCH3 is 1. The topological polar surface area (TPSA) is 139 Å². The van der Waals surface area contributed by atoms with Gasteiger partial charge in [0.15, 0.2) is 0 Å². The highest BCUT2D eigenvalue weighted by Gasteiger charge is 2.24. The molecule has 0 aliphatic carbocycles. The smallest absolute Gasteiger partial charge is 0.262 e. The van der Waals surface area contributed by atoms with Gasteiger partial charge < -0.3 is 30.5 Å². The summed E-state index contributed by atoms with van der Waals surface area (Å²) < 4.78 is 12.5. The zero-order chi connectivity index (χ0) is 35.5. The summed E-state index contributed by atoms with van der Waals surface area (Å²) in [6, 6.07) is 19.1. The number of pyridine rings is 2. The van der Waals surface area contributed by atoms with E-state index in [2.05, 4.69) is 20.9 Å². The number of carbonyl (C=O) groups is 1. The Balaban J connectivity index is 1.12. The summed E-state index contributed by atoms with van der Waals surface area (Å²) in [5, 5.41) is 20.8. The van der Waals surface area contributed by atoms with Crippen molar-refractivity contribution in [2.24, 2.45) is 0 Å². The van der Waals surface area contributed by atoms with Crippen molar-refractivity contribution < 1.29 is 19.4 Å². The Bertz CT molecular complexity index is 2140. The van der Waals surface area contributed by atoms with Gasteiger partial charge in [-0.15, -0.1) is 0 Å². The molecule has 7 rings (SSSR count). The van der Waals surface area contributed by atoms with Gasteiger partial charge in [0.2, 0.25) is 11.8 Å². The first kappa shape index (κ1) is 35.1. The Morgan fingerprint density at radius 2 is 1.75 bits per heavy atom. The molecule has 2 aliphatic rings. The fraction of sp³-hybridized carbons (Fsp3) is 0.316. The molecule has 0 bridgehead atoms. The van der Waals surface area contributed by atoms with Crippen LogP contribution in [-0.2, 0) is 22.6 Å². The third-order valence-electron chi connectivity index (χ3n) is 9.46. The molecule has 3 aromatic heterocycles. The number of nitrogens with zero attached hydrogens (tertiary/aromatic N) is 3. The van der Waals surface area contributed by atoms with E-state index in [4.69, 9.17) is 37.7 Å². The molecule has 13 heteroatoms. The van der Waals surface area contributed by atoms with Gasteiger partial charge in [0, 0.05) is 85.0 Å². The van der Waals surface area contributed by atoms with Crippen LogP contribution in [0.3, 0.4) is 0 Å². The van der Waals surface area contributed by atoms with Crippen LogP contribution in [0.2, 0.25) is 10.0 Å². The maximum atomic E-state index is 13.3. The lowest BCUT2D eigenvalue weighted by Gasteiger charge is -2.28. The van der Waals surface area contributed by atoms with Crippen LogP contribution >= 0.6 is 23.2 Å². The SMILES string of the molecule is COc1nc(-c2cccc(-c3cccc(-c4ccn5c(=O)c(CN[C@@H]6CCOC[C@@H]6O)cnc5c4)c3Cl)c2Cl)ccc1CNCC1CCC(=O)N1. The minimum atomic E-state index is -0.616. The Morgan fingerprint density at radius 1 is 0.980 bits per heavy atom. The summed E-state index contributed by atoms with van der Waals surface area (Å²) in [5.41, 5.74) is 6.13. The number of hydrogen-bond acceptors (Lipinski definition) is 9. The van der Waals surface area contributed by atoms with Crippen molar-refractivity contribution in [3.8, 4) is 39.4 Å². The van der Waals surface area contributed by atoms with E-state index >= 15 is 0 Å². The van der Waals surface area contributed by atoms with Gasteiger partial charge in [-0.25, -0.2) is 9.97 Å². The van der Waals surface area contributed by atoms with Crippen molar-refractivity contribution >= 4 is 34.8 Å². The summed E-state index contributed by atoms with van der Waals surface area (Å²) in [4.78, 5) is 34.2. The predicted octanol–water partition coefficient (Wildman–Crippen LogP) is 5.01. The summed E-state index contributed by atoms with van der Waals surface area (Å²) in [5.74, 6) is 0.580. The zero-order valence-corrected chi connectivity index (χ0v) is 29.5. The minimum absolute atomic E-state index is 0.0916. The van der Waals surface area contributed by atoms with Crippen LogP contribution in [0.1, 0.15) is 30.4 Å². The number of hydrogen-bond donors (Lipinski definition) is 4. The van der Waals surface area contributed by atoms with E-state index in [0.717, 1.165) is 39.8 Å². The maximum absolute atomic E-state index is 13.3. The van der Waals surface area contributed by atoms with Crippen LogP contribution in [-0.4, -0.2) is 70.4 Å². The molecule has 4 N–H and O–H groups in total. The molecule has 0 spiro atoms. The number of aliphatic hydroxyl groups excluding tert-OH is 1. The molecular formula is C38H38Cl2N6O5. The number of rotatable bonds is 11. The molecule has 2 saturated heterocycles. The molecule has 2 aliphatic heterocycles. The Kier molecular flexibility index (Phi) is 10.6. The highest BCUT2D eigenvalue weighted by Crippen LogP contribution is 2.42.